The van der Waals surface area contributed by atoms with Gasteiger partial charge in [-0.05, 0) is 45.6 Å². The van der Waals surface area contributed by atoms with Crippen LogP contribution in [0.15, 0.2) is 0 Å². The lowest BCUT2D eigenvalue weighted by atomic mass is 9.83. The smallest absolute Gasteiger partial charge is 0.308 e. The molecule has 0 aromatic carbocycles. The minimum atomic E-state index is -0.00949. The lowest BCUT2D eigenvalue weighted by Crippen LogP contribution is -2.45. The fraction of sp³-hybridized carbons (Fsp3) is 0.923. The van der Waals surface area contributed by atoms with Crippen LogP contribution in [0, 0.1) is 5.92 Å². The van der Waals surface area contributed by atoms with E-state index in [0.717, 1.165) is 31.7 Å². The number of esters is 1. The molecule has 0 spiro atoms. The summed E-state index contributed by atoms with van der Waals surface area (Å²) < 4.78 is 4.81. The van der Waals surface area contributed by atoms with E-state index in [4.69, 9.17) is 4.74 Å². The Balaban J connectivity index is 1.78. The second kappa shape index (κ2) is 5.17. The molecule has 0 radical (unpaired) electrons. The van der Waals surface area contributed by atoms with Gasteiger partial charge >= 0.3 is 5.97 Å². The fourth-order valence-electron chi connectivity index (χ4n) is 2.98. The summed E-state index contributed by atoms with van der Waals surface area (Å²) in [4.78, 5) is 14.0. The maximum Gasteiger partial charge on any atom is 0.308 e. The van der Waals surface area contributed by atoms with E-state index in [0.29, 0.717) is 6.04 Å². The average Bonchev–Trinajstić information content (AvgIpc) is 2.26. The zero-order valence-corrected chi connectivity index (χ0v) is 10.4. The summed E-state index contributed by atoms with van der Waals surface area (Å²) in [6.07, 6.45) is 8.47. The summed E-state index contributed by atoms with van der Waals surface area (Å²) in [6, 6.07) is 1.52. The molecule has 0 saturated heterocycles. The van der Waals surface area contributed by atoms with Gasteiger partial charge < -0.3 is 9.64 Å². The molecule has 0 atom stereocenters. The van der Waals surface area contributed by atoms with Crippen molar-refractivity contribution >= 4 is 5.97 Å². The number of ether oxygens (including phenoxy) is 1. The van der Waals surface area contributed by atoms with Gasteiger partial charge in [0, 0.05) is 12.1 Å². The number of methoxy groups -OCH3 is 1. The number of hydrogen-bond donors (Lipinski definition) is 0. The molecule has 92 valence electrons. The summed E-state index contributed by atoms with van der Waals surface area (Å²) in [5.41, 5.74) is 0. The molecule has 16 heavy (non-hydrogen) atoms. The normalized spacial score (nSPS) is 31.2. The van der Waals surface area contributed by atoms with Crippen LogP contribution in [0.4, 0.5) is 0 Å². The first kappa shape index (κ1) is 11.9. The van der Waals surface area contributed by atoms with Crippen molar-refractivity contribution in [2.75, 3.05) is 14.2 Å². The van der Waals surface area contributed by atoms with Crippen molar-refractivity contribution in [3.8, 4) is 0 Å². The van der Waals surface area contributed by atoms with Crippen LogP contribution in [0.3, 0.4) is 0 Å². The van der Waals surface area contributed by atoms with Crippen LogP contribution in [0.2, 0.25) is 0 Å². The number of rotatable bonds is 3. The third-order valence-electron chi connectivity index (χ3n) is 4.46. The first-order chi connectivity index (χ1) is 7.72. The first-order valence-corrected chi connectivity index (χ1v) is 6.52. The van der Waals surface area contributed by atoms with Crippen molar-refractivity contribution in [1.82, 2.24) is 4.90 Å². The monoisotopic (exact) mass is 225 g/mol. The number of carbonyl (C=O) groups excluding carboxylic acids is 1. The van der Waals surface area contributed by atoms with Crippen LogP contribution < -0.4 is 0 Å². The lowest BCUT2D eigenvalue weighted by Gasteiger charge is -2.42. The molecule has 2 aliphatic rings. The lowest BCUT2D eigenvalue weighted by molar-refractivity contribution is -0.147. The van der Waals surface area contributed by atoms with Crippen LogP contribution >= 0.6 is 0 Å². The zero-order valence-electron chi connectivity index (χ0n) is 10.4. The topological polar surface area (TPSA) is 29.5 Å². The molecule has 0 amide bonds. The summed E-state index contributed by atoms with van der Waals surface area (Å²) in [5.74, 6) is 0.154. The zero-order chi connectivity index (χ0) is 11.5. The molecule has 2 aliphatic carbocycles. The number of hydrogen-bond acceptors (Lipinski definition) is 3. The molecule has 0 bridgehead atoms. The van der Waals surface area contributed by atoms with Crippen molar-refractivity contribution in [3.05, 3.63) is 0 Å². The molecule has 0 unspecified atom stereocenters. The predicted molar refractivity (Wildman–Crippen MR) is 63.2 cm³/mol. The van der Waals surface area contributed by atoms with Crippen LogP contribution in [-0.2, 0) is 9.53 Å². The van der Waals surface area contributed by atoms with Gasteiger partial charge in [0.15, 0.2) is 0 Å². The Kier molecular flexibility index (Phi) is 3.85. The summed E-state index contributed by atoms with van der Waals surface area (Å²) in [6.45, 7) is 0. The quantitative estimate of drug-likeness (QED) is 0.690. The SMILES string of the molecule is COC(=O)C1CCC(N(C)C2CCC2)CC1. The summed E-state index contributed by atoms with van der Waals surface area (Å²) in [5, 5.41) is 0. The third kappa shape index (κ3) is 2.40. The highest BCUT2D eigenvalue weighted by atomic mass is 16.5. The van der Waals surface area contributed by atoms with E-state index in [9.17, 15) is 4.79 Å². The van der Waals surface area contributed by atoms with Crippen molar-refractivity contribution in [3.63, 3.8) is 0 Å². The molecule has 3 heteroatoms. The number of carbonyl (C=O) groups is 1. The molecule has 2 saturated carbocycles. The van der Waals surface area contributed by atoms with Gasteiger partial charge in [0.25, 0.3) is 0 Å². The molecule has 0 aromatic rings. The van der Waals surface area contributed by atoms with Gasteiger partial charge in [0.2, 0.25) is 0 Å². The Hall–Kier alpha value is -0.570. The maximum atomic E-state index is 11.4. The minimum absolute atomic E-state index is 0.00949. The largest absolute Gasteiger partial charge is 0.469 e. The van der Waals surface area contributed by atoms with E-state index in [2.05, 4.69) is 11.9 Å². The molecular formula is C13H23NO2. The van der Waals surface area contributed by atoms with Gasteiger partial charge in [-0.25, -0.2) is 0 Å². The highest BCUT2D eigenvalue weighted by Gasteiger charge is 2.32. The van der Waals surface area contributed by atoms with Crippen LogP contribution in [-0.4, -0.2) is 37.1 Å². The molecule has 2 fully saturated rings. The van der Waals surface area contributed by atoms with Gasteiger partial charge in [0.1, 0.15) is 0 Å². The molecule has 0 N–H and O–H groups in total. The highest BCUT2D eigenvalue weighted by molar-refractivity contribution is 5.72. The third-order valence-corrected chi connectivity index (χ3v) is 4.46. The van der Waals surface area contributed by atoms with Crippen LogP contribution in [0.5, 0.6) is 0 Å². The van der Waals surface area contributed by atoms with Crippen molar-refractivity contribution < 1.29 is 9.53 Å². The van der Waals surface area contributed by atoms with Gasteiger partial charge in [-0.3, -0.25) is 4.79 Å². The van der Waals surface area contributed by atoms with Gasteiger partial charge in [-0.1, -0.05) is 6.42 Å². The van der Waals surface area contributed by atoms with E-state index in [1.165, 1.54) is 26.4 Å². The van der Waals surface area contributed by atoms with Crippen molar-refractivity contribution in [1.29, 1.82) is 0 Å². The fourth-order valence-corrected chi connectivity index (χ4v) is 2.98. The molecule has 2 rings (SSSR count). The van der Waals surface area contributed by atoms with Crippen molar-refractivity contribution in [2.24, 2.45) is 5.92 Å². The summed E-state index contributed by atoms with van der Waals surface area (Å²) >= 11 is 0. The van der Waals surface area contributed by atoms with E-state index in [-0.39, 0.29) is 11.9 Å². The molecule has 3 nitrogen and oxygen atoms in total. The summed E-state index contributed by atoms with van der Waals surface area (Å²) in [7, 11) is 3.75. The molecular weight excluding hydrogens is 202 g/mol. The maximum absolute atomic E-state index is 11.4. The van der Waals surface area contributed by atoms with E-state index in [1.54, 1.807) is 0 Å². The van der Waals surface area contributed by atoms with Crippen LogP contribution in [0.25, 0.3) is 0 Å². The predicted octanol–water partition coefficient (Wildman–Crippen LogP) is 2.20. The van der Waals surface area contributed by atoms with E-state index in [1.807, 2.05) is 0 Å². The molecule has 0 aromatic heterocycles. The standard InChI is InChI=1S/C13H23NO2/c1-14(11-4-3-5-11)12-8-6-10(7-9-12)13(15)16-2/h10-12H,3-9H2,1-2H3. The Morgan fingerprint density at radius 2 is 1.62 bits per heavy atom. The molecule has 0 aliphatic heterocycles. The Bertz CT molecular complexity index is 242. The van der Waals surface area contributed by atoms with Crippen molar-refractivity contribution in [2.45, 2.75) is 57.0 Å². The second-order valence-corrected chi connectivity index (χ2v) is 5.28. The Morgan fingerprint density at radius 3 is 2.06 bits per heavy atom. The van der Waals surface area contributed by atoms with Gasteiger partial charge in [-0.15, -0.1) is 0 Å². The van der Waals surface area contributed by atoms with Gasteiger partial charge in [0.05, 0.1) is 13.0 Å². The Morgan fingerprint density at radius 1 is 1.06 bits per heavy atom. The van der Waals surface area contributed by atoms with E-state index < -0.39 is 0 Å². The first-order valence-electron chi connectivity index (χ1n) is 6.52. The Labute approximate surface area is 98.1 Å². The molecule has 0 heterocycles. The van der Waals surface area contributed by atoms with Gasteiger partial charge in [-0.2, -0.15) is 0 Å². The van der Waals surface area contributed by atoms with E-state index >= 15 is 0 Å². The highest BCUT2D eigenvalue weighted by Crippen LogP contribution is 2.32. The van der Waals surface area contributed by atoms with Crippen LogP contribution in [0.1, 0.15) is 44.9 Å². The number of nitrogens with zero attached hydrogens (tertiary/aromatic N) is 1. The average molecular weight is 225 g/mol. The minimum Gasteiger partial charge on any atom is -0.469 e. The second-order valence-electron chi connectivity index (χ2n) is 5.28.